The molecule has 1 saturated carbocycles. The summed E-state index contributed by atoms with van der Waals surface area (Å²) in [7, 11) is 0. The van der Waals surface area contributed by atoms with Crippen LogP contribution in [0.4, 0.5) is 4.39 Å². The summed E-state index contributed by atoms with van der Waals surface area (Å²) in [6, 6.07) is 11.8. The van der Waals surface area contributed by atoms with Gasteiger partial charge in [-0.25, -0.2) is 4.39 Å². The molecule has 2 fully saturated rings. The van der Waals surface area contributed by atoms with Gasteiger partial charge >= 0.3 is 5.97 Å². The summed E-state index contributed by atoms with van der Waals surface area (Å²) in [5.74, 6) is 0.234. The van der Waals surface area contributed by atoms with Crippen LogP contribution < -0.4 is 5.32 Å². The van der Waals surface area contributed by atoms with Crippen molar-refractivity contribution in [2.24, 2.45) is 5.92 Å². The molecule has 0 aromatic heterocycles. The van der Waals surface area contributed by atoms with Gasteiger partial charge in [0.2, 0.25) is 0 Å². The summed E-state index contributed by atoms with van der Waals surface area (Å²) in [6.07, 6.45) is 4.65. The van der Waals surface area contributed by atoms with Crippen LogP contribution in [0.2, 0.25) is 0 Å². The van der Waals surface area contributed by atoms with Crippen molar-refractivity contribution < 1.29 is 13.9 Å². The summed E-state index contributed by atoms with van der Waals surface area (Å²) >= 11 is 0. The molecule has 1 saturated heterocycles. The Labute approximate surface area is 158 Å². The molecule has 2 atom stereocenters. The number of nitrogens with one attached hydrogen (secondary N) is 1. The number of aryl methyl sites for hydroxylation is 1. The molecule has 3 nitrogen and oxygen atoms in total. The van der Waals surface area contributed by atoms with Crippen LogP contribution in [0.3, 0.4) is 0 Å². The Morgan fingerprint density at radius 2 is 1.78 bits per heavy atom. The average molecular weight is 365 g/mol. The third kappa shape index (κ3) is 3.27. The molecule has 5 rings (SSSR count). The van der Waals surface area contributed by atoms with E-state index in [1.54, 1.807) is 6.07 Å². The van der Waals surface area contributed by atoms with Crippen LogP contribution in [0.25, 0.3) is 11.1 Å². The van der Waals surface area contributed by atoms with Crippen molar-refractivity contribution in [2.75, 3.05) is 13.1 Å². The van der Waals surface area contributed by atoms with Gasteiger partial charge in [0.1, 0.15) is 11.9 Å². The second kappa shape index (κ2) is 6.75. The number of benzene rings is 2. The van der Waals surface area contributed by atoms with Gasteiger partial charge in [-0.15, -0.1) is 0 Å². The molecule has 0 spiro atoms. The van der Waals surface area contributed by atoms with Crippen molar-refractivity contribution in [3.63, 3.8) is 0 Å². The van der Waals surface area contributed by atoms with Gasteiger partial charge in [0.15, 0.2) is 0 Å². The molecule has 0 amide bonds. The smallest absolute Gasteiger partial charge is 0.310 e. The average Bonchev–Trinajstić information content (AvgIpc) is 3.21. The molecule has 140 valence electrons. The third-order valence-corrected chi connectivity index (χ3v) is 6.17. The molecule has 2 aromatic rings. The number of carbonyl (C=O) groups is 1. The standard InChI is InChI=1S/C23H24FNO2/c24-21-12-16(3-6-19(21)14-1-2-14)15-4-7-20-17(11-15)5-8-22(20)27-23(26)18-9-10-25-13-18/h3-4,6-7,11-12,14,18,22,25H,1-2,5,8-10,13H2. The van der Waals surface area contributed by atoms with Gasteiger partial charge in [0.25, 0.3) is 0 Å². The highest BCUT2D eigenvalue weighted by molar-refractivity contribution is 5.74. The highest BCUT2D eigenvalue weighted by Gasteiger charge is 2.31. The van der Waals surface area contributed by atoms with Crippen molar-refractivity contribution in [2.45, 2.75) is 44.1 Å². The van der Waals surface area contributed by atoms with Crippen molar-refractivity contribution in [3.05, 3.63) is 58.9 Å². The SMILES string of the molecule is O=C(OC1CCc2cc(-c3ccc(C4CC4)c(F)c3)ccc21)C1CCNC1. The van der Waals surface area contributed by atoms with E-state index in [4.69, 9.17) is 4.74 Å². The zero-order valence-electron chi connectivity index (χ0n) is 15.3. The number of rotatable bonds is 4. The molecule has 4 heteroatoms. The van der Waals surface area contributed by atoms with Gasteiger partial charge in [0.05, 0.1) is 5.92 Å². The first-order valence-corrected chi connectivity index (χ1v) is 10.0. The van der Waals surface area contributed by atoms with Crippen molar-refractivity contribution in [3.8, 4) is 11.1 Å². The Bertz CT molecular complexity index is 884. The number of fused-ring (bicyclic) bond motifs is 1. The first-order valence-electron chi connectivity index (χ1n) is 10.0. The third-order valence-electron chi connectivity index (χ3n) is 6.17. The highest BCUT2D eigenvalue weighted by atomic mass is 19.1. The fourth-order valence-electron chi connectivity index (χ4n) is 4.40. The maximum absolute atomic E-state index is 14.4. The first kappa shape index (κ1) is 16.9. The second-order valence-electron chi connectivity index (χ2n) is 8.08. The lowest BCUT2D eigenvalue weighted by Crippen LogP contribution is -2.21. The van der Waals surface area contributed by atoms with Crippen molar-refractivity contribution >= 4 is 5.97 Å². The molecule has 27 heavy (non-hydrogen) atoms. The number of carbonyl (C=O) groups excluding carboxylic acids is 1. The maximum Gasteiger partial charge on any atom is 0.310 e. The van der Waals surface area contributed by atoms with E-state index in [1.807, 2.05) is 18.2 Å². The molecule has 2 unspecified atom stereocenters. The van der Waals surface area contributed by atoms with E-state index in [0.717, 1.165) is 67.4 Å². The van der Waals surface area contributed by atoms with Gasteiger partial charge < -0.3 is 10.1 Å². The Hall–Kier alpha value is -2.20. The molecule has 3 aliphatic rings. The zero-order valence-corrected chi connectivity index (χ0v) is 15.3. The minimum atomic E-state index is -0.142. The molecular formula is C23H24FNO2. The maximum atomic E-state index is 14.4. The topological polar surface area (TPSA) is 38.3 Å². The molecule has 2 aliphatic carbocycles. The Balaban J connectivity index is 1.35. The van der Waals surface area contributed by atoms with Gasteiger partial charge in [0, 0.05) is 6.54 Å². The van der Waals surface area contributed by atoms with E-state index in [2.05, 4.69) is 17.4 Å². The number of ether oxygens (including phenoxy) is 1. The minimum absolute atomic E-state index is 0.0127. The summed E-state index contributed by atoms with van der Waals surface area (Å²) in [5, 5.41) is 3.21. The first-order chi connectivity index (χ1) is 13.2. The van der Waals surface area contributed by atoms with Crippen LogP contribution >= 0.6 is 0 Å². The lowest BCUT2D eigenvalue weighted by Gasteiger charge is -2.16. The van der Waals surface area contributed by atoms with Gasteiger partial charge in [-0.1, -0.05) is 30.3 Å². The fourth-order valence-corrected chi connectivity index (χ4v) is 4.40. The van der Waals surface area contributed by atoms with Crippen molar-refractivity contribution in [1.82, 2.24) is 5.32 Å². The van der Waals surface area contributed by atoms with E-state index in [9.17, 15) is 9.18 Å². The molecule has 2 aromatic carbocycles. The van der Waals surface area contributed by atoms with Gasteiger partial charge in [-0.2, -0.15) is 0 Å². The van der Waals surface area contributed by atoms with Crippen molar-refractivity contribution in [1.29, 1.82) is 0 Å². The largest absolute Gasteiger partial charge is 0.457 e. The fraction of sp³-hybridized carbons (Fsp3) is 0.435. The summed E-state index contributed by atoms with van der Waals surface area (Å²) in [6.45, 7) is 1.61. The van der Waals surface area contributed by atoms with Crippen LogP contribution in [0, 0.1) is 11.7 Å². The van der Waals surface area contributed by atoms with E-state index in [-0.39, 0.29) is 23.8 Å². The van der Waals surface area contributed by atoms with Crippen LogP contribution in [-0.2, 0) is 16.0 Å². The van der Waals surface area contributed by atoms with Crippen LogP contribution in [0.1, 0.15) is 54.4 Å². The van der Waals surface area contributed by atoms with E-state index < -0.39 is 0 Å². The molecule has 1 N–H and O–H groups in total. The lowest BCUT2D eigenvalue weighted by atomic mass is 9.98. The summed E-state index contributed by atoms with van der Waals surface area (Å²) in [5.41, 5.74) is 5.11. The van der Waals surface area contributed by atoms with Crippen LogP contribution in [-0.4, -0.2) is 19.1 Å². The Morgan fingerprint density at radius 3 is 2.48 bits per heavy atom. The Morgan fingerprint density at radius 1 is 1.00 bits per heavy atom. The summed E-state index contributed by atoms with van der Waals surface area (Å²) < 4.78 is 20.2. The Kier molecular flexibility index (Phi) is 4.24. The molecule has 1 aliphatic heterocycles. The number of esters is 1. The van der Waals surface area contributed by atoms with Gasteiger partial charge in [-0.3, -0.25) is 4.79 Å². The van der Waals surface area contributed by atoms with E-state index >= 15 is 0 Å². The molecule has 1 heterocycles. The predicted octanol–water partition coefficient (Wildman–Crippen LogP) is 4.51. The minimum Gasteiger partial charge on any atom is -0.457 e. The lowest BCUT2D eigenvalue weighted by molar-refractivity contribution is -0.153. The number of halogens is 1. The quantitative estimate of drug-likeness (QED) is 0.810. The zero-order chi connectivity index (χ0) is 18.4. The van der Waals surface area contributed by atoms with Crippen LogP contribution in [0.5, 0.6) is 0 Å². The van der Waals surface area contributed by atoms with Gasteiger partial charge in [-0.05, 0) is 78.5 Å². The highest BCUT2D eigenvalue weighted by Crippen LogP contribution is 2.42. The number of hydrogen-bond donors (Lipinski definition) is 1. The molecule has 0 radical (unpaired) electrons. The van der Waals surface area contributed by atoms with E-state index in [1.165, 1.54) is 5.56 Å². The predicted molar refractivity (Wildman–Crippen MR) is 102 cm³/mol. The monoisotopic (exact) mass is 365 g/mol. The second-order valence-corrected chi connectivity index (χ2v) is 8.08. The number of hydrogen-bond acceptors (Lipinski definition) is 3. The molecule has 0 bridgehead atoms. The summed E-state index contributed by atoms with van der Waals surface area (Å²) in [4.78, 5) is 12.3. The van der Waals surface area contributed by atoms with E-state index in [0.29, 0.717) is 5.92 Å². The van der Waals surface area contributed by atoms with Crippen LogP contribution in [0.15, 0.2) is 36.4 Å². The normalized spacial score (nSPS) is 24.0. The molecular weight excluding hydrogens is 341 g/mol.